The van der Waals surface area contributed by atoms with Crippen molar-refractivity contribution in [2.75, 3.05) is 11.9 Å². The van der Waals surface area contributed by atoms with Gasteiger partial charge in [0.25, 0.3) is 5.95 Å². The number of ether oxygens (including phenoxy) is 1. The molecule has 0 spiro atoms. The van der Waals surface area contributed by atoms with Crippen LogP contribution in [0.2, 0.25) is 5.02 Å². The van der Waals surface area contributed by atoms with E-state index in [0.717, 1.165) is 11.3 Å². The number of nitrogens with one attached hydrogen (secondary N) is 2. The third kappa shape index (κ3) is 7.25. The van der Waals surface area contributed by atoms with E-state index in [2.05, 4.69) is 15.8 Å². The molecule has 0 saturated carbocycles. The van der Waals surface area contributed by atoms with Gasteiger partial charge in [-0.2, -0.15) is 5.10 Å². The molecule has 3 aromatic rings. The maximum absolute atomic E-state index is 12.9. The number of carbonyl (C=O) groups is 1. The van der Waals surface area contributed by atoms with Gasteiger partial charge < -0.3 is 14.5 Å². The Morgan fingerprint density at radius 2 is 1.87 bits per heavy atom. The maximum atomic E-state index is 12.9. The van der Waals surface area contributed by atoms with Crippen LogP contribution in [-0.2, 0) is 11.4 Å². The van der Waals surface area contributed by atoms with Crippen molar-refractivity contribution in [2.24, 2.45) is 5.10 Å². The number of hydrogen-bond acceptors (Lipinski definition) is 5. The van der Waals surface area contributed by atoms with Crippen LogP contribution < -0.4 is 15.5 Å². The predicted octanol–water partition coefficient (Wildman–Crippen LogP) is 4.99. The molecule has 0 aliphatic rings. The van der Waals surface area contributed by atoms with Gasteiger partial charge in [0.1, 0.15) is 12.4 Å². The highest BCUT2D eigenvalue weighted by atomic mass is 35.5. The molecular weight excluding hydrogens is 409 g/mol. The number of rotatable bonds is 10. The van der Waals surface area contributed by atoms with Crippen LogP contribution in [0.4, 0.5) is 10.1 Å². The molecular formula is C22H21ClFN3O3. The van der Waals surface area contributed by atoms with Crippen LogP contribution in [-0.4, -0.2) is 18.7 Å². The van der Waals surface area contributed by atoms with Gasteiger partial charge in [-0.3, -0.25) is 4.79 Å². The molecule has 0 bridgehead atoms. The van der Waals surface area contributed by atoms with E-state index >= 15 is 0 Å². The summed E-state index contributed by atoms with van der Waals surface area (Å²) in [5.74, 6) is 0.257. The minimum Gasteiger partial charge on any atom is -0.460 e. The number of hydrazone groups is 1. The molecule has 1 aromatic heterocycles. The summed E-state index contributed by atoms with van der Waals surface area (Å²) in [6.07, 6.45) is 2.39. The van der Waals surface area contributed by atoms with Crippen molar-refractivity contribution in [2.45, 2.75) is 19.4 Å². The van der Waals surface area contributed by atoms with Crippen molar-refractivity contribution in [3.63, 3.8) is 0 Å². The second-order valence-corrected chi connectivity index (χ2v) is 6.84. The van der Waals surface area contributed by atoms with Crippen LogP contribution in [0.1, 0.15) is 24.2 Å². The fraction of sp³-hybridized carbons (Fsp3) is 0.182. The van der Waals surface area contributed by atoms with Gasteiger partial charge in [-0.15, -0.1) is 0 Å². The van der Waals surface area contributed by atoms with E-state index in [1.165, 1.54) is 18.3 Å². The molecule has 8 heteroatoms. The predicted molar refractivity (Wildman–Crippen MR) is 114 cm³/mol. The number of furan rings is 1. The Morgan fingerprint density at radius 1 is 1.10 bits per heavy atom. The van der Waals surface area contributed by atoms with E-state index < -0.39 is 0 Å². The average molecular weight is 430 g/mol. The number of benzene rings is 2. The summed E-state index contributed by atoms with van der Waals surface area (Å²) in [5, 5.41) is 7.77. The minimum absolute atomic E-state index is 0.191. The summed E-state index contributed by atoms with van der Waals surface area (Å²) in [6, 6.07) is 16.7. The molecule has 6 nitrogen and oxygen atoms in total. The van der Waals surface area contributed by atoms with E-state index in [0.29, 0.717) is 36.1 Å². The van der Waals surface area contributed by atoms with E-state index in [-0.39, 0.29) is 18.3 Å². The van der Waals surface area contributed by atoms with Crippen molar-refractivity contribution in [3.05, 3.63) is 82.8 Å². The molecule has 1 heterocycles. The normalized spacial score (nSPS) is 10.9. The quantitative estimate of drug-likeness (QED) is 0.270. The van der Waals surface area contributed by atoms with Crippen LogP contribution in [0.25, 0.3) is 0 Å². The van der Waals surface area contributed by atoms with Crippen molar-refractivity contribution in [1.82, 2.24) is 5.43 Å². The average Bonchev–Trinajstić information content (AvgIpc) is 3.20. The summed E-state index contributed by atoms with van der Waals surface area (Å²) in [7, 11) is 0. The first-order chi connectivity index (χ1) is 14.6. The van der Waals surface area contributed by atoms with Crippen LogP contribution >= 0.6 is 11.6 Å². The summed E-state index contributed by atoms with van der Waals surface area (Å²) < 4.78 is 23.8. The lowest BCUT2D eigenvalue weighted by molar-refractivity contribution is -0.121. The first-order valence-electron chi connectivity index (χ1n) is 9.37. The van der Waals surface area contributed by atoms with Gasteiger partial charge in [0.05, 0.1) is 6.21 Å². The van der Waals surface area contributed by atoms with Gasteiger partial charge in [-0.25, -0.2) is 9.82 Å². The summed E-state index contributed by atoms with van der Waals surface area (Å²) in [4.78, 5) is 11.8. The van der Waals surface area contributed by atoms with Gasteiger partial charge in [-0.1, -0.05) is 23.7 Å². The Bertz CT molecular complexity index is 972. The highest BCUT2D eigenvalue weighted by Gasteiger charge is 2.03. The molecule has 2 aromatic carbocycles. The van der Waals surface area contributed by atoms with Gasteiger partial charge in [0.15, 0.2) is 5.76 Å². The topological polar surface area (TPSA) is 75.9 Å². The Hall–Kier alpha value is -3.32. The fourth-order valence-electron chi connectivity index (χ4n) is 2.49. The lowest BCUT2D eigenvalue weighted by Gasteiger charge is -2.05. The number of nitrogens with zero attached hydrogens (tertiary/aromatic N) is 1. The zero-order valence-electron chi connectivity index (χ0n) is 16.1. The first kappa shape index (κ1) is 21.4. The standard InChI is InChI=1S/C22H21ClFN3O3/c23-17-5-9-19(10-6-17)25-13-1-2-21(28)27-26-14-20-11-12-22(30-20)29-15-16-3-7-18(24)8-4-16/h3-12,14,25H,1-2,13,15H2,(H,27,28)/b26-14+. The molecule has 30 heavy (non-hydrogen) atoms. The Kier molecular flexibility index (Phi) is 7.86. The van der Waals surface area contributed by atoms with E-state index in [1.807, 2.05) is 12.1 Å². The molecule has 156 valence electrons. The zero-order valence-corrected chi connectivity index (χ0v) is 16.9. The Labute approximate surface area is 178 Å². The highest BCUT2D eigenvalue weighted by Crippen LogP contribution is 2.16. The summed E-state index contributed by atoms with van der Waals surface area (Å²) in [6.45, 7) is 0.914. The Morgan fingerprint density at radius 3 is 2.63 bits per heavy atom. The number of anilines is 1. The molecule has 0 saturated heterocycles. The van der Waals surface area contributed by atoms with Gasteiger partial charge >= 0.3 is 0 Å². The van der Waals surface area contributed by atoms with E-state index in [9.17, 15) is 9.18 Å². The van der Waals surface area contributed by atoms with E-state index in [1.54, 1.807) is 36.4 Å². The second kappa shape index (κ2) is 11.0. The third-order valence-corrected chi connectivity index (χ3v) is 4.28. The summed E-state index contributed by atoms with van der Waals surface area (Å²) in [5.41, 5.74) is 4.23. The molecule has 0 aliphatic heterocycles. The largest absolute Gasteiger partial charge is 0.460 e. The lowest BCUT2D eigenvalue weighted by atomic mass is 10.2. The van der Waals surface area contributed by atoms with Gasteiger partial charge in [0, 0.05) is 29.7 Å². The van der Waals surface area contributed by atoms with Crippen molar-refractivity contribution in [3.8, 4) is 5.95 Å². The SMILES string of the molecule is O=C(CCCNc1ccc(Cl)cc1)N/N=C/c1ccc(OCc2ccc(F)cc2)o1. The van der Waals surface area contributed by atoms with Crippen LogP contribution in [0.5, 0.6) is 5.95 Å². The lowest BCUT2D eigenvalue weighted by Crippen LogP contribution is -2.18. The molecule has 0 unspecified atom stereocenters. The zero-order chi connectivity index (χ0) is 21.2. The van der Waals surface area contributed by atoms with Crippen LogP contribution in [0.15, 0.2) is 70.2 Å². The number of amides is 1. The molecule has 0 radical (unpaired) electrons. The number of hydrogen-bond donors (Lipinski definition) is 2. The molecule has 3 rings (SSSR count). The smallest absolute Gasteiger partial charge is 0.285 e. The van der Waals surface area contributed by atoms with Crippen molar-refractivity contribution >= 4 is 29.4 Å². The monoisotopic (exact) mass is 429 g/mol. The number of halogens is 2. The third-order valence-electron chi connectivity index (χ3n) is 4.03. The van der Waals surface area contributed by atoms with Crippen molar-refractivity contribution < 1.29 is 18.3 Å². The minimum atomic E-state index is -0.296. The molecule has 1 amide bonds. The molecule has 0 fully saturated rings. The van der Waals surface area contributed by atoms with Gasteiger partial charge in [0.2, 0.25) is 5.91 Å². The first-order valence-corrected chi connectivity index (χ1v) is 9.75. The second-order valence-electron chi connectivity index (χ2n) is 6.40. The molecule has 0 aliphatic carbocycles. The van der Waals surface area contributed by atoms with Crippen molar-refractivity contribution in [1.29, 1.82) is 0 Å². The maximum Gasteiger partial charge on any atom is 0.285 e. The fourth-order valence-corrected chi connectivity index (χ4v) is 2.62. The molecule has 0 atom stereocenters. The molecule has 2 N–H and O–H groups in total. The Balaban J connectivity index is 1.33. The van der Waals surface area contributed by atoms with Crippen LogP contribution in [0, 0.1) is 5.82 Å². The number of carbonyl (C=O) groups excluding carboxylic acids is 1. The van der Waals surface area contributed by atoms with E-state index in [4.69, 9.17) is 20.8 Å². The highest BCUT2D eigenvalue weighted by molar-refractivity contribution is 6.30. The van der Waals surface area contributed by atoms with Gasteiger partial charge in [-0.05, 0) is 54.4 Å². The summed E-state index contributed by atoms with van der Waals surface area (Å²) >= 11 is 5.84. The van der Waals surface area contributed by atoms with Crippen LogP contribution in [0.3, 0.4) is 0 Å².